The van der Waals surface area contributed by atoms with E-state index in [0.717, 1.165) is 25.3 Å². The first kappa shape index (κ1) is 10.2. The molecule has 80 valence electrons. The van der Waals surface area contributed by atoms with Crippen LogP contribution >= 0.6 is 0 Å². The van der Waals surface area contributed by atoms with Crippen LogP contribution < -0.4 is 0 Å². The van der Waals surface area contributed by atoms with Crippen LogP contribution in [-0.2, 0) is 4.79 Å². The van der Waals surface area contributed by atoms with Crippen molar-refractivity contribution in [3.8, 4) is 0 Å². The van der Waals surface area contributed by atoms with Crippen molar-refractivity contribution in [2.75, 3.05) is 6.54 Å². The van der Waals surface area contributed by atoms with Gasteiger partial charge in [0.2, 0.25) is 0 Å². The lowest BCUT2D eigenvalue weighted by Gasteiger charge is -2.28. The van der Waals surface area contributed by atoms with Gasteiger partial charge in [-0.1, -0.05) is 13.3 Å². The lowest BCUT2D eigenvalue weighted by atomic mass is 10.2. The van der Waals surface area contributed by atoms with E-state index in [-0.39, 0.29) is 0 Å². The third-order valence-electron chi connectivity index (χ3n) is 3.47. The third kappa shape index (κ3) is 2.35. The van der Waals surface area contributed by atoms with Crippen molar-refractivity contribution in [2.45, 2.75) is 64.0 Å². The van der Waals surface area contributed by atoms with Crippen molar-refractivity contribution in [3.63, 3.8) is 0 Å². The summed E-state index contributed by atoms with van der Waals surface area (Å²) in [5.41, 5.74) is 0. The van der Waals surface area contributed by atoms with Crippen LogP contribution in [0.2, 0.25) is 0 Å². The lowest BCUT2D eigenvalue weighted by Crippen LogP contribution is -2.36. The fourth-order valence-electron chi connectivity index (χ4n) is 2.49. The zero-order chi connectivity index (χ0) is 9.97. The summed E-state index contributed by atoms with van der Waals surface area (Å²) in [6, 6.07) is 1.43. The zero-order valence-electron chi connectivity index (χ0n) is 9.17. The minimum atomic E-state index is 0.483. The maximum absolute atomic E-state index is 11.2. The number of carbonyl (C=O) groups excluding carboxylic acids is 1. The van der Waals surface area contributed by atoms with Crippen LogP contribution in [-0.4, -0.2) is 29.3 Å². The topological polar surface area (TPSA) is 20.3 Å². The summed E-state index contributed by atoms with van der Waals surface area (Å²) in [5.74, 6) is 0.483. The van der Waals surface area contributed by atoms with Gasteiger partial charge >= 0.3 is 0 Å². The first-order valence-electron chi connectivity index (χ1n) is 6.08. The number of Topliss-reactive ketones (excluding diaryl/α,β-unsaturated/α-hetero) is 1. The summed E-state index contributed by atoms with van der Waals surface area (Å²) < 4.78 is 0. The average Bonchev–Trinajstić information content (AvgIpc) is 2.91. The first-order valence-corrected chi connectivity index (χ1v) is 6.08. The van der Waals surface area contributed by atoms with Gasteiger partial charge in [-0.05, 0) is 32.2 Å². The van der Waals surface area contributed by atoms with Gasteiger partial charge < -0.3 is 0 Å². The van der Waals surface area contributed by atoms with E-state index in [1.54, 1.807) is 0 Å². The van der Waals surface area contributed by atoms with Gasteiger partial charge in [0, 0.05) is 24.9 Å². The van der Waals surface area contributed by atoms with Crippen LogP contribution in [0.25, 0.3) is 0 Å². The van der Waals surface area contributed by atoms with Crippen molar-refractivity contribution < 1.29 is 4.79 Å². The zero-order valence-corrected chi connectivity index (χ0v) is 9.17. The molecule has 1 atom stereocenters. The molecule has 2 nitrogen and oxygen atoms in total. The molecule has 0 aromatic carbocycles. The molecule has 0 saturated heterocycles. The average molecular weight is 195 g/mol. The highest BCUT2D eigenvalue weighted by Crippen LogP contribution is 2.33. The predicted molar refractivity (Wildman–Crippen MR) is 57.3 cm³/mol. The molecule has 0 amide bonds. The van der Waals surface area contributed by atoms with Crippen molar-refractivity contribution in [1.29, 1.82) is 0 Å². The molecule has 1 unspecified atom stereocenters. The first-order chi connectivity index (χ1) is 6.81. The van der Waals surface area contributed by atoms with E-state index < -0.39 is 0 Å². The van der Waals surface area contributed by atoms with Crippen LogP contribution in [0.4, 0.5) is 0 Å². The number of rotatable bonds is 5. The second kappa shape index (κ2) is 4.43. The molecule has 2 aliphatic rings. The summed E-state index contributed by atoms with van der Waals surface area (Å²) in [4.78, 5) is 13.9. The van der Waals surface area contributed by atoms with Crippen LogP contribution in [0.3, 0.4) is 0 Å². The van der Waals surface area contributed by atoms with Gasteiger partial charge in [-0.2, -0.15) is 0 Å². The van der Waals surface area contributed by atoms with Gasteiger partial charge in [0.1, 0.15) is 5.78 Å². The Labute approximate surface area is 86.7 Å². The SMILES string of the molecule is CCCCN(C1CC1)C1CCC(=O)C1. The maximum atomic E-state index is 11.2. The molecule has 14 heavy (non-hydrogen) atoms. The summed E-state index contributed by atoms with van der Waals surface area (Å²) in [6.45, 7) is 3.46. The normalized spacial score (nSPS) is 27.6. The van der Waals surface area contributed by atoms with Gasteiger partial charge in [0.15, 0.2) is 0 Å². The Morgan fingerprint density at radius 1 is 1.29 bits per heavy atom. The Kier molecular flexibility index (Phi) is 3.22. The molecule has 0 aromatic rings. The van der Waals surface area contributed by atoms with Crippen molar-refractivity contribution in [3.05, 3.63) is 0 Å². The van der Waals surface area contributed by atoms with Gasteiger partial charge in [-0.25, -0.2) is 0 Å². The molecule has 0 aliphatic heterocycles. The highest BCUT2D eigenvalue weighted by molar-refractivity contribution is 5.81. The number of carbonyl (C=O) groups is 1. The molecule has 0 bridgehead atoms. The fourth-order valence-corrected chi connectivity index (χ4v) is 2.49. The van der Waals surface area contributed by atoms with E-state index in [1.807, 2.05) is 0 Å². The molecular formula is C12H21NO. The lowest BCUT2D eigenvalue weighted by molar-refractivity contribution is -0.117. The molecule has 0 heterocycles. The fraction of sp³-hybridized carbons (Fsp3) is 0.917. The molecule has 0 spiro atoms. The van der Waals surface area contributed by atoms with E-state index in [2.05, 4.69) is 11.8 Å². The molecular weight excluding hydrogens is 174 g/mol. The van der Waals surface area contributed by atoms with Crippen molar-refractivity contribution in [1.82, 2.24) is 4.90 Å². The number of unbranched alkanes of at least 4 members (excludes halogenated alkanes) is 1. The number of ketones is 1. The van der Waals surface area contributed by atoms with Crippen LogP contribution in [0, 0.1) is 0 Å². The minimum Gasteiger partial charge on any atom is -0.300 e. The van der Waals surface area contributed by atoms with Crippen molar-refractivity contribution in [2.24, 2.45) is 0 Å². The summed E-state index contributed by atoms with van der Waals surface area (Å²) in [5, 5.41) is 0. The predicted octanol–water partition coefficient (Wildman–Crippen LogP) is 2.37. The smallest absolute Gasteiger partial charge is 0.134 e. The van der Waals surface area contributed by atoms with Crippen molar-refractivity contribution >= 4 is 5.78 Å². The highest BCUT2D eigenvalue weighted by atomic mass is 16.1. The summed E-state index contributed by atoms with van der Waals surface area (Å²) in [6.07, 6.45) is 8.09. The molecule has 0 aromatic heterocycles. The third-order valence-corrected chi connectivity index (χ3v) is 3.47. The van der Waals surface area contributed by atoms with Gasteiger partial charge in [0.05, 0.1) is 0 Å². The molecule has 2 heteroatoms. The van der Waals surface area contributed by atoms with Crippen LogP contribution in [0.5, 0.6) is 0 Å². The van der Waals surface area contributed by atoms with E-state index in [4.69, 9.17) is 0 Å². The quantitative estimate of drug-likeness (QED) is 0.671. The standard InChI is InChI=1S/C12H21NO/c1-2-3-8-13(10-4-5-10)11-6-7-12(14)9-11/h10-11H,2-9H2,1H3. The second-order valence-electron chi connectivity index (χ2n) is 4.76. The molecule has 0 N–H and O–H groups in total. The Balaban J connectivity index is 1.86. The molecule has 2 fully saturated rings. The monoisotopic (exact) mass is 195 g/mol. The maximum Gasteiger partial charge on any atom is 0.134 e. The number of nitrogens with zero attached hydrogens (tertiary/aromatic N) is 1. The number of hydrogen-bond acceptors (Lipinski definition) is 2. The highest BCUT2D eigenvalue weighted by Gasteiger charge is 2.36. The minimum absolute atomic E-state index is 0.483. The van der Waals surface area contributed by atoms with E-state index in [9.17, 15) is 4.79 Å². The number of hydrogen-bond donors (Lipinski definition) is 0. The van der Waals surface area contributed by atoms with E-state index in [1.165, 1.54) is 32.2 Å². The second-order valence-corrected chi connectivity index (χ2v) is 4.76. The molecule has 2 saturated carbocycles. The summed E-state index contributed by atoms with van der Waals surface area (Å²) >= 11 is 0. The van der Waals surface area contributed by atoms with Gasteiger partial charge in [-0.3, -0.25) is 9.69 Å². The van der Waals surface area contributed by atoms with Gasteiger partial charge in [0.25, 0.3) is 0 Å². The van der Waals surface area contributed by atoms with Crippen LogP contribution in [0.15, 0.2) is 0 Å². The van der Waals surface area contributed by atoms with E-state index in [0.29, 0.717) is 11.8 Å². The van der Waals surface area contributed by atoms with E-state index >= 15 is 0 Å². The summed E-state index contributed by atoms with van der Waals surface area (Å²) in [7, 11) is 0. The Hall–Kier alpha value is -0.370. The van der Waals surface area contributed by atoms with Gasteiger partial charge in [-0.15, -0.1) is 0 Å². The largest absolute Gasteiger partial charge is 0.300 e. The molecule has 0 radical (unpaired) electrons. The Bertz CT molecular complexity index is 210. The molecule has 2 rings (SSSR count). The molecule has 2 aliphatic carbocycles. The Morgan fingerprint density at radius 3 is 2.57 bits per heavy atom. The van der Waals surface area contributed by atoms with Crippen LogP contribution in [0.1, 0.15) is 51.9 Å². The Morgan fingerprint density at radius 2 is 2.07 bits per heavy atom.